The van der Waals surface area contributed by atoms with E-state index in [0.717, 1.165) is 24.6 Å². The number of hydrogen-bond donors (Lipinski definition) is 2. The number of hydrogen-bond acceptors (Lipinski definition) is 4. The first kappa shape index (κ1) is 10.8. The summed E-state index contributed by atoms with van der Waals surface area (Å²) in [5.41, 5.74) is 0. The first-order chi connectivity index (χ1) is 7.15. The van der Waals surface area contributed by atoms with E-state index in [1.807, 2.05) is 6.92 Å². The summed E-state index contributed by atoms with van der Waals surface area (Å²) in [6, 6.07) is 0.251. The van der Waals surface area contributed by atoms with E-state index in [-0.39, 0.29) is 11.9 Å². The lowest BCUT2D eigenvalue weighted by atomic mass is 10.3. The predicted molar refractivity (Wildman–Crippen MR) is 63.1 cm³/mol. The highest BCUT2D eigenvalue weighted by Gasteiger charge is 2.26. The van der Waals surface area contributed by atoms with Gasteiger partial charge in [0.2, 0.25) is 5.91 Å². The van der Waals surface area contributed by atoms with Crippen LogP contribution in [-0.4, -0.2) is 35.0 Å². The monoisotopic (exact) mass is 227 g/mol. The number of thioether (sulfide) groups is 1. The molecule has 2 unspecified atom stereocenters. The molecule has 1 fully saturated rings. The predicted octanol–water partition coefficient (Wildman–Crippen LogP) is 0.734. The Morgan fingerprint density at radius 1 is 1.60 bits per heavy atom. The van der Waals surface area contributed by atoms with Crippen molar-refractivity contribution in [3.63, 3.8) is 0 Å². The van der Waals surface area contributed by atoms with Crippen LogP contribution >= 0.6 is 11.8 Å². The van der Waals surface area contributed by atoms with Crippen LogP contribution in [0.4, 0.5) is 0 Å². The summed E-state index contributed by atoms with van der Waals surface area (Å²) in [5.74, 6) is 0.0837. The van der Waals surface area contributed by atoms with Gasteiger partial charge in [0.15, 0.2) is 5.17 Å². The smallest absolute Gasteiger partial charge is 0.242 e. The van der Waals surface area contributed by atoms with Crippen molar-refractivity contribution in [3.05, 3.63) is 0 Å². The van der Waals surface area contributed by atoms with Crippen LogP contribution in [0.2, 0.25) is 0 Å². The SMILES string of the molecule is CC1CN=C(NC(C)C(=O)NC2CC2)S1. The fourth-order valence-corrected chi connectivity index (χ4v) is 2.28. The van der Waals surface area contributed by atoms with E-state index in [1.165, 1.54) is 0 Å². The maximum absolute atomic E-state index is 11.6. The van der Waals surface area contributed by atoms with Crippen LogP contribution in [0.5, 0.6) is 0 Å². The average Bonchev–Trinajstić information content (AvgIpc) is 2.90. The molecular weight excluding hydrogens is 210 g/mol. The molecule has 0 saturated heterocycles. The first-order valence-electron chi connectivity index (χ1n) is 5.43. The molecule has 0 bridgehead atoms. The van der Waals surface area contributed by atoms with Gasteiger partial charge in [0.25, 0.3) is 0 Å². The number of nitrogens with one attached hydrogen (secondary N) is 2. The zero-order valence-electron chi connectivity index (χ0n) is 9.12. The number of carbonyl (C=O) groups is 1. The van der Waals surface area contributed by atoms with E-state index in [4.69, 9.17) is 0 Å². The third-order valence-electron chi connectivity index (χ3n) is 2.46. The molecule has 2 atom stereocenters. The van der Waals surface area contributed by atoms with Crippen LogP contribution in [0.25, 0.3) is 0 Å². The Hall–Kier alpha value is -0.710. The highest BCUT2D eigenvalue weighted by atomic mass is 32.2. The molecule has 4 nitrogen and oxygen atoms in total. The van der Waals surface area contributed by atoms with Gasteiger partial charge in [0.05, 0.1) is 6.54 Å². The fourth-order valence-electron chi connectivity index (χ4n) is 1.36. The molecule has 1 aliphatic heterocycles. The fraction of sp³-hybridized carbons (Fsp3) is 0.800. The zero-order chi connectivity index (χ0) is 10.8. The molecule has 15 heavy (non-hydrogen) atoms. The highest BCUT2D eigenvalue weighted by molar-refractivity contribution is 8.14. The third-order valence-corrected chi connectivity index (χ3v) is 3.48. The maximum Gasteiger partial charge on any atom is 0.242 e. The van der Waals surface area contributed by atoms with Crippen molar-refractivity contribution >= 4 is 22.8 Å². The highest BCUT2D eigenvalue weighted by Crippen LogP contribution is 2.20. The standard InChI is InChI=1S/C10H17N3OS/c1-6-5-11-10(15-6)12-7(2)9(14)13-8-3-4-8/h6-8H,3-5H2,1-2H3,(H,11,12)(H,13,14). The minimum atomic E-state index is -0.179. The molecule has 84 valence electrons. The molecule has 0 radical (unpaired) electrons. The second-order valence-corrected chi connectivity index (χ2v) is 5.65. The first-order valence-corrected chi connectivity index (χ1v) is 6.31. The molecule has 2 N–H and O–H groups in total. The van der Waals surface area contributed by atoms with E-state index in [9.17, 15) is 4.79 Å². The number of carbonyl (C=O) groups excluding carboxylic acids is 1. The molecule has 2 rings (SSSR count). The summed E-state index contributed by atoms with van der Waals surface area (Å²) in [6.07, 6.45) is 2.26. The molecular formula is C10H17N3OS. The Kier molecular flexibility index (Phi) is 3.19. The van der Waals surface area contributed by atoms with Gasteiger partial charge in [-0.05, 0) is 19.8 Å². The van der Waals surface area contributed by atoms with Crippen molar-refractivity contribution in [2.75, 3.05) is 6.54 Å². The second kappa shape index (κ2) is 4.43. The van der Waals surface area contributed by atoms with Crippen molar-refractivity contribution in [3.8, 4) is 0 Å². The summed E-state index contributed by atoms with van der Waals surface area (Å²) in [7, 11) is 0. The van der Waals surface area contributed by atoms with Crippen molar-refractivity contribution in [2.45, 2.75) is 44.0 Å². The van der Waals surface area contributed by atoms with Gasteiger partial charge < -0.3 is 10.6 Å². The summed E-state index contributed by atoms with van der Waals surface area (Å²) in [5, 5.41) is 7.55. The van der Waals surface area contributed by atoms with Gasteiger partial charge in [-0.2, -0.15) is 0 Å². The van der Waals surface area contributed by atoms with Crippen molar-refractivity contribution in [1.29, 1.82) is 0 Å². The van der Waals surface area contributed by atoms with Crippen molar-refractivity contribution in [2.24, 2.45) is 4.99 Å². The molecule has 0 aromatic heterocycles. The Labute approximate surface area is 94.3 Å². The summed E-state index contributed by atoms with van der Waals surface area (Å²) in [4.78, 5) is 15.9. The number of rotatable bonds is 3. The van der Waals surface area contributed by atoms with Crippen molar-refractivity contribution in [1.82, 2.24) is 10.6 Å². The van der Waals surface area contributed by atoms with Gasteiger partial charge >= 0.3 is 0 Å². The second-order valence-electron chi connectivity index (χ2n) is 4.22. The van der Waals surface area contributed by atoms with Gasteiger partial charge in [-0.25, -0.2) is 0 Å². The van der Waals surface area contributed by atoms with Crippen LogP contribution in [0.1, 0.15) is 26.7 Å². The lowest BCUT2D eigenvalue weighted by Crippen LogP contribution is -2.44. The van der Waals surface area contributed by atoms with Crippen LogP contribution in [0.15, 0.2) is 4.99 Å². The number of nitrogens with zero attached hydrogens (tertiary/aromatic N) is 1. The van der Waals surface area contributed by atoms with E-state index in [1.54, 1.807) is 11.8 Å². The Balaban J connectivity index is 1.75. The van der Waals surface area contributed by atoms with Gasteiger partial charge in [0, 0.05) is 11.3 Å². The molecule has 1 saturated carbocycles. The molecule has 0 spiro atoms. The van der Waals surface area contributed by atoms with E-state index in [2.05, 4.69) is 22.5 Å². The summed E-state index contributed by atoms with van der Waals surface area (Å²) in [6.45, 7) is 4.87. The largest absolute Gasteiger partial charge is 0.353 e. The van der Waals surface area contributed by atoms with Crippen molar-refractivity contribution < 1.29 is 4.79 Å². The van der Waals surface area contributed by atoms with Crippen LogP contribution in [0.3, 0.4) is 0 Å². The molecule has 1 heterocycles. The van der Waals surface area contributed by atoms with E-state index < -0.39 is 0 Å². The van der Waals surface area contributed by atoms with Gasteiger partial charge in [-0.3, -0.25) is 9.79 Å². The van der Waals surface area contributed by atoms with E-state index >= 15 is 0 Å². The Bertz CT molecular complexity index is 288. The molecule has 5 heteroatoms. The lowest BCUT2D eigenvalue weighted by molar-refractivity contribution is -0.122. The zero-order valence-corrected chi connectivity index (χ0v) is 9.93. The van der Waals surface area contributed by atoms with Crippen LogP contribution in [-0.2, 0) is 4.79 Å². The normalized spacial score (nSPS) is 27.1. The van der Waals surface area contributed by atoms with Crippen LogP contribution < -0.4 is 10.6 Å². The van der Waals surface area contributed by atoms with E-state index in [0.29, 0.717) is 11.3 Å². The molecule has 0 aromatic rings. The molecule has 1 aliphatic carbocycles. The summed E-state index contributed by atoms with van der Waals surface area (Å²) < 4.78 is 0. The summed E-state index contributed by atoms with van der Waals surface area (Å²) >= 11 is 1.70. The Morgan fingerprint density at radius 2 is 2.33 bits per heavy atom. The minimum Gasteiger partial charge on any atom is -0.353 e. The van der Waals surface area contributed by atoms with Gasteiger partial charge in [-0.15, -0.1) is 0 Å². The molecule has 2 aliphatic rings. The van der Waals surface area contributed by atoms with Gasteiger partial charge in [-0.1, -0.05) is 18.7 Å². The average molecular weight is 227 g/mol. The maximum atomic E-state index is 11.6. The minimum absolute atomic E-state index is 0.0837. The third kappa shape index (κ3) is 3.12. The van der Waals surface area contributed by atoms with Crippen LogP contribution in [0, 0.1) is 0 Å². The molecule has 0 aromatic carbocycles. The number of amides is 1. The number of aliphatic imine (C=N–C) groups is 1. The van der Waals surface area contributed by atoms with Gasteiger partial charge in [0.1, 0.15) is 6.04 Å². The quantitative estimate of drug-likeness (QED) is 0.747. The Morgan fingerprint density at radius 3 is 2.87 bits per heavy atom. The topological polar surface area (TPSA) is 53.5 Å². The molecule has 1 amide bonds. The lowest BCUT2D eigenvalue weighted by Gasteiger charge is -2.14. The number of amidine groups is 1.